The summed E-state index contributed by atoms with van der Waals surface area (Å²) in [6, 6.07) is -2.47. The summed E-state index contributed by atoms with van der Waals surface area (Å²) in [5.74, 6) is -1.74. The Morgan fingerprint density at radius 2 is 1.25 bits per heavy atom. The number of primary amides is 1. The number of carbonyl (C=O) groups is 4. The molecule has 0 aromatic heterocycles. The van der Waals surface area contributed by atoms with E-state index in [0.717, 1.165) is 0 Å². The minimum absolute atomic E-state index is 0.0517. The summed E-state index contributed by atoms with van der Waals surface area (Å²) in [7, 11) is 1.21. The molecule has 0 saturated carbocycles. The number of nitrogens with two attached hydrogens (primary N) is 2. The van der Waals surface area contributed by atoms with Crippen LogP contribution in [-0.4, -0.2) is 122 Å². The van der Waals surface area contributed by atoms with Crippen LogP contribution in [0.25, 0.3) is 0 Å². The second-order valence-corrected chi connectivity index (χ2v) is 8.91. The van der Waals surface area contributed by atoms with E-state index in [0.29, 0.717) is 72.4 Å². The zero-order chi connectivity index (χ0) is 30.0. The predicted molar refractivity (Wildman–Crippen MR) is 145 cm³/mol. The molecule has 0 aliphatic carbocycles. The Balaban J connectivity index is 4.08. The van der Waals surface area contributed by atoms with Gasteiger partial charge in [0.15, 0.2) is 0 Å². The van der Waals surface area contributed by atoms with Crippen LogP contribution in [0.15, 0.2) is 0 Å². The average molecular weight is 580 g/mol. The van der Waals surface area contributed by atoms with E-state index in [9.17, 15) is 19.2 Å². The van der Waals surface area contributed by atoms with Crippen LogP contribution in [0.5, 0.6) is 0 Å². The van der Waals surface area contributed by atoms with E-state index < -0.39 is 30.0 Å². The van der Waals surface area contributed by atoms with E-state index >= 15 is 0 Å². The molecule has 0 heterocycles. The van der Waals surface area contributed by atoms with Crippen LogP contribution in [0.2, 0.25) is 0 Å². The van der Waals surface area contributed by atoms with E-state index in [2.05, 4.69) is 16.0 Å². The van der Waals surface area contributed by atoms with Crippen molar-refractivity contribution in [1.29, 1.82) is 0 Å². The first-order valence-corrected chi connectivity index (χ1v) is 13.5. The minimum atomic E-state index is -0.931. The maximum atomic E-state index is 12.8. The van der Waals surface area contributed by atoms with Gasteiger partial charge >= 0.3 is 12.0 Å². The summed E-state index contributed by atoms with van der Waals surface area (Å²) >= 11 is 0. The fourth-order valence-corrected chi connectivity index (χ4v) is 3.18. The third kappa shape index (κ3) is 21.3. The third-order valence-corrected chi connectivity index (χ3v) is 5.26. The SMILES string of the molecule is COC(=O)[C@H](CCCNC(N)=O)NC(=O)[C@@H](NC(=O)CCOCCOCCOCCOCCOCCN)C(C)C. The molecule has 0 saturated heterocycles. The summed E-state index contributed by atoms with van der Waals surface area (Å²) in [6.07, 6.45) is 0.660. The number of hydrogen-bond donors (Lipinski definition) is 5. The number of urea groups is 1. The van der Waals surface area contributed by atoms with Crippen molar-refractivity contribution in [1.82, 2.24) is 16.0 Å². The van der Waals surface area contributed by atoms with Crippen LogP contribution in [-0.2, 0) is 42.8 Å². The van der Waals surface area contributed by atoms with Crippen molar-refractivity contribution in [3.05, 3.63) is 0 Å². The lowest BCUT2D eigenvalue weighted by molar-refractivity contribution is -0.145. The van der Waals surface area contributed by atoms with Gasteiger partial charge in [-0.25, -0.2) is 9.59 Å². The number of esters is 1. The smallest absolute Gasteiger partial charge is 0.328 e. The molecule has 4 amide bonds. The molecule has 0 bridgehead atoms. The van der Waals surface area contributed by atoms with Crippen LogP contribution in [0, 0.1) is 5.92 Å². The first kappa shape index (κ1) is 37.4. The quantitative estimate of drug-likeness (QED) is 0.0598. The molecule has 40 heavy (non-hydrogen) atoms. The number of amides is 4. The number of ether oxygens (including phenoxy) is 6. The lowest BCUT2D eigenvalue weighted by Gasteiger charge is -2.24. The van der Waals surface area contributed by atoms with E-state index in [1.54, 1.807) is 13.8 Å². The van der Waals surface area contributed by atoms with Crippen molar-refractivity contribution in [2.24, 2.45) is 17.4 Å². The van der Waals surface area contributed by atoms with Crippen molar-refractivity contribution < 1.29 is 47.6 Å². The van der Waals surface area contributed by atoms with Gasteiger partial charge in [0.25, 0.3) is 0 Å². The highest BCUT2D eigenvalue weighted by Crippen LogP contribution is 2.06. The Kier molecular flexibility index (Phi) is 23.8. The predicted octanol–water partition coefficient (Wildman–Crippen LogP) is -1.33. The molecular formula is C25H49N5O10. The van der Waals surface area contributed by atoms with Crippen molar-refractivity contribution in [2.75, 3.05) is 86.3 Å². The zero-order valence-electron chi connectivity index (χ0n) is 24.1. The molecule has 2 atom stereocenters. The van der Waals surface area contributed by atoms with Crippen molar-refractivity contribution >= 4 is 23.8 Å². The standard InChI is InChI=1S/C25H49N5O10/c1-19(2)22(23(32)29-20(24(33)35-3)5-4-8-28-25(27)34)30-21(31)6-9-36-11-13-38-15-17-40-18-16-39-14-12-37-10-7-26/h19-20,22H,4-18,26H2,1-3H3,(H,29,32)(H,30,31)(H3,27,28,34)/t20-,22-/m0/s1. The van der Waals surface area contributed by atoms with Gasteiger partial charge in [-0.05, 0) is 18.8 Å². The lowest BCUT2D eigenvalue weighted by atomic mass is 10.0. The Labute approximate surface area is 236 Å². The molecule has 0 spiro atoms. The Bertz CT molecular complexity index is 699. The van der Waals surface area contributed by atoms with Gasteiger partial charge in [-0.1, -0.05) is 13.8 Å². The number of carbonyl (C=O) groups excluding carboxylic acids is 4. The van der Waals surface area contributed by atoms with Gasteiger partial charge in [0.1, 0.15) is 12.1 Å². The average Bonchev–Trinajstić information content (AvgIpc) is 2.92. The monoisotopic (exact) mass is 579 g/mol. The van der Waals surface area contributed by atoms with Gasteiger partial charge in [-0.3, -0.25) is 9.59 Å². The largest absolute Gasteiger partial charge is 0.467 e. The molecule has 0 aromatic carbocycles. The topological polar surface area (TPSA) is 212 Å². The van der Waals surface area contributed by atoms with Crippen molar-refractivity contribution in [3.8, 4) is 0 Å². The third-order valence-electron chi connectivity index (χ3n) is 5.26. The molecule has 15 heteroatoms. The lowest BCUT2D eigenvalue weighted by Crippen LogP contribution is -2.54. The molecule has 7 N–H and O–H groups in total. The molecule has 15 nitrogen and oxygen atoms in total. The Hall–Kier alpha value is -2.56. The number of rotatable bonds is 26. The van der Waals surface area contributed by atoms with Crippen LogP contribution < -0.4 is 27.4 Å². The highest BCUT2D eigenvalue weighted by atomic mass is 16.6. The van der Waals surface area contributed by atoms with E-state index in [4.69, 9.17) is 39.9 Å². The van der Waals surface area contributed by atoms with Gasteiger partial charge in [0, 0.05) is 19.5 Å². The Morgan fingerprint density at radius 1 is 0.750 bits per heavy atom. The van der Waals surface area contributed by atoms with E-state index in [1.165, 1.54) is 7.11 Å². The molecule has 0 aliphatic heterocycles. The molecule has 0 aromatic rings. The van der Waals surface area contributed by atoms with Crippen molar-refractivity contribution in [3.63, 3.8) is 0 Å². The summed E-state index contributed by atoms with van der Waals surface area (Å²) in [4.78, 5) is 48.1. The highest BCUT2D eigenvalue weighted by Gasteiger charge is 2.29. The summed E-state index contributed by atoms with van der Waals surface area (Å²) in [6.45, 7) is 8.38. The second kappa shape index (κ2) is 25.4. The van der Waals surface area contributed by atoms with Crippen LogP contribution in [0.1, 0.15) is 33.1 Å². The van der Waals surface area contributed by atoms with E-state index in [-0.39, 0.29) is 37.8 Å². The number of hydrogen-bond acceptors (Lipinski definition) is 11. The summed E-state index contributed by atoms with van der Waals surface area (Å²) < 4.78 is 31.5. The molecule has 0 fully saturated rings. The fraction of sp³-hybridized carbons (Fsp3) is 0.840. The summed E-state index contributed by atoms with van der Waals surface area (Å²) in [5.41, 5.74) is 10.3. The Morgan fingerprint density at radius 3 is 1.70 bits per heavy atom. The molecule has 0 aliphatic rings. The van der Waals surface area contributed by atoms with E-state index in [1.807, 2.05) is 0 Å². The molecule has 0 rings (SSSR count). The van der Waals surface area contributed by atoms with Crippen LogP contribution in [0.3, 0.4) is 0 Å². The van der Waals surface area contributed by atoms with Gasteiger partial charge in [0.2, 0.25) is 11.8 Å². The first-order valence-electron chi connectivity index (χ1n) is 13.5. The van der Waals surface area contributed by atoms with Gasteiger partial charge < -0.3 is 55.8 Å². The van der Waals surface area contributed by atoms with Gasteiger partial charge in [-0.2, -0.15) is 0 Å². The maximum absolute atomic E-state index is 12.8. The highest BCUT2D eigenvalue weighted by molar-refractivity contribution is 5.90. The number of nitrogens with one attached hydrogen (secondary N) is 3. The normalized spacial score (nSPS) is 12.5. The van der Waals surface area contributed by atoms with Crippen LogP contribution in [0.4, 0.5) is 4.79 Å². The molecular weight excluding hydrogens is 530 g/mol. The minimum Gasteiger partial charge on any atom is -0.467 e. The summed E-state index contributed by atoms with van der Waals surface area (Å²) in [5, 5.41) is 7.72. The van der Waals surface area contributed by atoms with Crippen LogP contribution >= 0.6 is 0 Å². The second-order valence-electron chi connectivity index (χ2n) is 8.91. The molecule has 0 unspecified atom stereocenters. The van der Waals surface area contributed by atoms with Gasteiger partial charge in [-0.15, -0.1) is 0 Å². The molecule has 0 radical (unpaired) electrons. The fourth-order valence-electron chi connectivity index (χ4n) is 3.18. The number of methoxy groups -OCH3 is 1. The zero-order valence-corrected chi connectivity index (χ0v) is 24.1. The maximum Gasteiger partial charge on any atom is 0.328 e. The van der Waals surface area contributed by atoms with Gasteiger partial charge in [0.05, 0.1) is 73.2 Å². The first-order chi connectivity index (χ1) is 19.2. The van der Waals surface area contributed by atoms with Crippen molar-refractivity contribution in [2.45, 2.75) is 45.2 Å². The molecule has 234 valence electrons.